The van der Waals surface area contributed by atoms with Crippen molar-refractivity contribution in [3.8, 4) is 28.0 Å². The van der Waals surface area contributed by atoms with Crippen LogP contribution in [0.5, 0.6) is 5.75 Å². The van der Waals surface area contributed by atoms with E-state index in [0.29, 0.717) is 29.8 Å². The van der Waals surface area contributed by atoms with E-state index in [2.05, 4.69) is 15.6 Å². The number of aromatic nitrogens is 1. The molecule has 0 spiro atoms. The van der Waals surface area contributed by atoms with Crippen molar-refractivity contribution < 1.29 is 18.3 Å². The maximum atomic E-state index is 14.9. The number of pyridine rings is 1. The lowest BCUT2D eigenvalue weighted by atomic mass is 9.93. The third kappa shape index (κ3) is 4.26. The molecule has 0 bridgehead atoms. The first kappa shape index (κ1) is 21.3. The molecule has 1 atom stereocenters. The van der Waals surface area contributed by atoms with E-state index in [1.54, 1.807) is 30.3 Å². The molecule has 2 aromatic carbocycles. The SMILES string of the molecule is Nc1nc(F)c(-c2ccc(OC3CCCNC3)cc2)cc1-c1cc2c(cc1F)C(=O)NCC2. The highest BCUT2D eigenvalue weighted by Gasteiger charge is 2.22. The van der Waals surface area contributed by atoms with Crippen LogP contribution >= 0.6 is 0 Å². The summed E-state index contributed by atoms with van der Waals surface area (Å²) in [6, 6.07) is 11.4. The number of carbonyl (C=O) groups is 1. The van der Waals surface area contributed by atoms with Gasteiger partial charge in [0.25, 0.3) is 5.91 Å². The highest BCUT2D eigenvalue weighted by Crippen LogP contribution is 2.35. The molecule has 2 aliphatic heterocycles. The summed E-state index contributed by atoms with van der Waals surface area (Å²) in [5, 5.41) is 6.00. The molecular weight excluding hydrogens is 426 g/mol. The van der Waals surface area contributed by atoms with E-state index in [4.69, 9.17) is 10.5 Å². The van der Waals surface area contributed by atoms with Crippen molar-refractivity contribution >= 4 is 11.7 Å². The van der Waals surface area contributed by atoms with Crippen LogP contribution in [0.4, 0.5) is 14.6 Å². The molecule has 0 aliphatic carbocycles. The number of nitrogens with one attached hydrogen (secondary N) is 2. The number of carbonyl (C=O) groups excluding carboxylic acids is 1. The first-order valence-electron chi connectivity index (χ1n) is 11.0. The van der Waals surface area contributed by atoms with Gasteiger partial charge in [0.1, 0.15) is 23.5 Å². The maximum Gasteiger partial charge on any atom is 0.251 e. The zero-order valence-electron chi connectivity index (χ0n) is 18.0. The summed E-state index contributed by atoms with van der Waals surface area (Å²) in [5.74, 6) is -1.06. The van der Waals surface area contributed by atoms with Crippen LogP contribution in [0, 0.1) is 11.8 Å². The van der Waals surface area contributed by atoms with Crippen LogP contribution in [-0.4, -0.2) is 36.6 Å². The molecule has 0 saturated carbocycles. The number of nitrogen functional groups attached to an aromatic ring is 1. The van der Waals surface area contributed by atoms with Gasteiger partial charge in [0.15, 0.2) is 0 Å². The Balaban J connectivity index is 1.48. The minimum Gasteiger partial charge on any atom is -0.489 e. The highest BCUT2D eigenvalue weighted by atomic mass is 19.1. The van der Waals surface area contributed by atoms with E-state index in [-0.39, 0.29) is 34.5 Å². The molecule has 8 heteroatoms. The van der Waals surface area contributed by atoms with E-state index >= 15 is 0 Å². The molecule has 170 valence electrons. The number of ether oxygens (including phenoxy) is 1. The van der Waals surface area contributed by atoms with Gasteiger partial charge in [0, 0.05) is 35.3 Å². The summed E-state index contributed by atoms with van der Waals surface area (Å²) in [7, 11) is 0. The molecule has 1 unspecified atom stereocenters. The predicted molar refractivity (Wildman–Crippen MR) is 122 cm³/mol. The third-order valence-corrected chi connectivity index (χ3v) is 6.13. The monoisotopic (exact) mass is 450 g/mol. The van der Waals surface area contributed by atoms with Gasteiger partial charge in [0.05, 0.1) is 0 Å². The van der Waals surface area contributed by atoms with Gasteiger partial charge in [-0.3, -0.25) is 4.79 Å². The quantitative estimate of drug-likeness (QED) is 0.528. The van der Waals surface area contributed by atoms with Crippen LogP contribution in [0.2, 0.25) is 0 Å². The molecule has 5 rings (SSSR count). The summed E-state index contributed by atoms with van der Waals surface area (Å²) in [6.45, 7) is 2.28. The lowest BCUT2D eigenvalue weighted by Gasteiger charge is -2.24. The van der Waals surface area contributed by atoms with Crippen LogP contribution in [0.25, 0.3) is 22.3 Å². The Hall–Kier alpha value is -3.52. The van der Waals surface area contributed by atoms with Crippen molar-refractivity contribution in [2.24, 2.45) is 0 Å². The lowest BCUT2D eigenvalue weighted by molar-refractivity contribution is 0.0945. The molecule has 1 amide bonds. The van der Waals surface area contributed by atoms with Gasteiger partial charge in [0.2, 0.25) is 5.95 Å². The second-order valence-electron chi connectivity index (χ2n) is 8.37. The number of hydrogen-bond donors (Lipinski definition) is 3. The van der Waals surface area contributed by atoms with Crippen LogP contribution in [0.1, 0.15) is 28.8 Å². The van der Waals surface area contributed by atoms with Gasteiger partial charge in [-0.2, -0.15) is 4.39 Å². The Bertz CT molecular complexity index is 1210. The van der Waals surface area contributed by atoms with Crippen molar-refractivity contribution in [1.29, 1.82) is 0 Å². The van der Waals surface area contributed by atoms with Crippen molar-refractivity contribution in [2.75, 3.05) is 25.4 Å². The normalized spacial score (nSPS) is 17.9. The molecule has 4 N–H and O–H groups in total. The van der Waals surface area contributed by atoms with Gasteiger partial charge in [-0.1, -0.05) is 12.1 Å². The zero-order valence-corrected chi connectivity index (χ0v) is 18.0. The van der Waals surface area contributed by atoms with Gasteiger partial charge in [-0.15, -0.1) is 0 Å². The standard InChI is InChI=1S/C25H24F2N4O2/c26-22-12-19-15(7-9-30-25(19)32)10-20(22)21-11-18(23(27)31-24(21)28)14-3-5-16(6-4-14)33-17-2-1-8-29-13-17/h3-6,10-12,17,29H,1-2,7-9,13H2,(H2,28,31)(H,30,32). The number of rotatable bonds is 4. The number of anilines is 1. The van der Waals surface area contributed by atoms with E-state index in [1.165, 1.54) is 12.1 Å². The molecule has 0 radical (unpaired) electrons. The molecule has 1 fully saturated rings. The minimum atomic E-state index is -0.737. The van der Waals surface area contributed by atoms with Crippen LogP contribution in [-0.2, 0) is 6.42 Å². The van der Waals surface area contributed by atoms with Gasteiger partial charge in [-0.25, -0.2) is 9.37 Å². The van der Waals surface area contributed by atoms with Gasteiger partial charge < -0.3 is 21.1 Å². The largest absolute Gasteiger partial charge is 0.489 e. The van der Waals surface area contributed by atoms with Crippen molar-refractivity contribution in [3.63, 3.8) is 0 Å². The number of hydrogen-bond acceptors (Lipinski definition) is 5. The predicted octanol–water partition coefficient (Wildman–Crippen LogP) is 3.69. The van der Waals surface area contributed by atoms with Crippen LogP contribution in [0.15, 0.2) is 42.5 Å². The molecular formula is C25H24F2N4O2. The second kappa shape index (κ2) is 8.78. The highest BCUT2D eigenvalue weighted by molar-refractivity contribution is 5.97. The summed E-state index contributed by atoms with van der Waals surface area (Å²) in [4.78, 5) is 15.8. The molecule has 3 aromatic rings. The smallest absolute Gasteiger partial charge is 0.251 e. The Morgan fingerprint density at radius 3 is 2.58 bits per heavy atom. The Kier molecular flexibility index (Phi) is 5.68. The molecule has 3 heterocycles. The lowest BCUT2D eigenvalue weighted by Crippen LogP contribution is -2.37. The second-order valence-corrected chi connectivity index (χ2v) is 8.37. The fraction of sp³-hybridized carbons (Fsp3) is 0.280. The average molecular weight is 450 g/mol. The molecule has 1 aromatic heterocycles. The number of nitrogens with zero attached hydrogens (tertiary/aromatic N) is 1. The summed E-state index contributed by atoms with van der Waals surface area (Å²) in [5.41, 5.74) is 8.27. The number of piperidine rings is 1. The first-order valence-corrected chi connectivity index (χ1v) is 11.0. The van der Waals surface area contributed by atoms with Crippen molar-refractivity contribution in [1.82, 2.24) is 15.6 Å². The third-order valence-electron chi connectivity index (χ3n) is 6.13. The Morgan fingerprint density at radius 1 is 1.00 bits per heavy atom. The number of fused-ring (bicyclic) bond motifs is 1. The number of halogens is 2. The van der Waals surface area contributed by atoms with E-state index in [1.807, 2.05) is 0 Å². The summed E-state index contributed by atoms with van der Waals surface area (Å²) < 4.78 is 35.7. The van der Waals surface area contributed by atoms with Gasteiger partial charge in [-0.05, 0) is 67.3 Å². The van der Waals surface area contributed by atoms with E-state index < -0.39 is 11.8 Å². The number of benzene rings is 2. The topological polar surface area (TPSA) is 89.3 Å². The fourth-order valence-corrected chi connectivity index (χ4v) is 4.40. The van der Waals surface area contributed by atoms with Crippen LogP contribution in [0.3, 0.4) is 0 Å². The van der Waals surface area contributed by atoms with Gasteiger partial charge >= 0.3 is 0 Å². The fourth-order valence-electron chi connectivity index (χ4n) is 4.40. The molecule has 2 aliphatic rings. The van der Waals surface area contributed by atoms with Crippen molar-refractivity contribution in [2.45, 2.75) is 25.4 Å². The summed E-state index contributed by atoms with van der Waals surface area (Å²) in [6.07, 6.45) is 2.74. The minimum absolute atomic E-state index is 0.111. The molecule has 33 heavy (non-hydrogen) atoms. The Morgan fingerprint density at radius 2 is 1.82 bits per heavy atom. The summed E-state index contributed by atoms with van der Waals surface area (Å²) >= 11 is 0. The van der Waals surface area contributed by atoms with E-state index in [0.717, 1.165) is 31.5 Å². The molecule has 6 nitrogen and oxygen atoms in total. The Labute approximate surface area is 190 Å². The molecule has 1 saturated heterocycles. The average Bonchev–Trinajstić information content (AvgIpc) is 2.81. The van der Waals surface area contributed by atoms with E-state index in [9.17, 15) is 13.6 Å². The van der Waals surface area contributed by atoms with Crippen molar-refractivity contribution in [3.05, 3.63) is 65.4 Å². The number of nitrogens with two attached hydrogens (primary N) is 1. The zero-order chi connectivity index (χ0) is 22.9. The van der Waals surface area contributed by atoms with Crippen LogP contribution < -0.4 is 21.1 Å². The first-order chi connectivity index (χ1) is 16.0. The number of amides is 1. The maximum absolute atomic E-state index is 14.9.